The molecule has 2 rings (SSSR count). The zero-order chi connectivity index (χ0) is 22.9. The number of methoxy groups -OCH3 is 1. The van der Waals surface area contributed by atoms with E-state index in [1.165, 1.54) is 7.11 Å². The Hall–Kier alpha value is -2.57. The number of hydrogen-bond donors (Lipinski definition) is 1. The molecule has 0 saturated carbocycles. The lowest BCUT2D eigenvalue weighted by Crippen LogP contribution is -2.17. The monoisotopic (exact) mass is 437 g/mol. The third kappa shape index (κ3) is 8.23. The number of unbranched alkanes of at least 4 members (excludes halogenated alkanes) is 6. The maximum Gasteiger partial charge on any atom is 0.389 e. The Bertz CT molecular complexity index is 919. The number of aromatic amines is 1. The number of hydrogen-bond acceptors (Lipinski definition) is 3. The normalized spacial score (nSPS) is 11.5. The maximum absolute atomic E-state index is 12.5. The molecule has 0 atom stereocenters. The molecule has 2 aromatic rings. The van der Waals surface area contributed by atoms with Gasteiger partial charge < -0.3 is 9.72 Å². The molecule has 1 heterocycles. The van der Waals surface area contributed by atoms with Gasteiger partial charge in [0, 0.05) is 12.0 Å². The number of esters is 1. The summed E-state index contributed by atoms with van der Waals surface area (Å²) in [7, 11) is 1.27. The Labute approximate surface area is 180 Å². The van der Waals surface area contributed by atoms with E-state index in [0.717, 1.165) is 49.7 Å². The SMILES string of the molecule is COC(=O)c1[nH]c(=O)c(-c2cccc(CCCCCCCCCC(F)(F)F)c2)cc1C. The number of pyridine rings is 1. The molecule has 7 heteroatoms. The lowest BCUT2D eigenvalue weighted by molar-refractivity contribution is -0.135. The van der Waals surface area contributed by atoms with Crippen LogP contribution in [0, 0.1) is 6.92 Å². The summed E-state index contributed by atoms with van der Waals surface area (Å²) in [5.41, 5.74) is 2.88. The molecule has 0 aliphatic heterocycles. The second-order valence-corrected chi connectivity index (χ2v) is 7.85. The molecule has 170 valence electrons. The molecule has 0 amide bonds. The van der Waals surface area contributed by atoms with Crippen LogP contribution in [0.25, 0.3) is 11.1 Å². The van der Waals surface area contributed by atoms with Crippen LogP contribution < -0.4 is 5.56 Å². The van der Waals surface area contributed by atoms with Crippen molar-refractivity contribution in [3.8, 4) is 11.1 Å². The third-order valence-corrected chi connectivity index (χ3v) is 5.29. The zero-order valence-electron chi connectivity index (χ0n) is 18.1. The fourth-order valence-corrected chi connectivity index (χ4v) is 3.60. The summed E-state index contributed by atoms with van der Waals surface area (Å²) < 4.78 is 41.0. The Kier molecular flexibility index (Phi) is 9.34. The Morgan fingerprint density at radius 3 is 2.29 bits per heavy atom. The van der Waals surface area contributed by atoms with E-state index in [1.807, 2.05) is 24.3 Å². The van der Waals surface area contributed by atoms with Crippen molar-refractivity contribution in [3.05, 3.63) is 57.5 Å². The van der Waals surface area contributed by atoms with Crippen molar-refractivity contribution in [3.63, 3.8) is 0 Å². The van der Waals surface area contributed by atoms with Crippen molar-refractivity contribution in [2.75, 3.05) is 7.11 Å². The highest BCUT2D eigenvalue weighted by Gasteiger charge is 2.25. The average molecular weight is 438 g/mol. The van der Waals surface area contributed by atoms with Gasteiger partial charge in [0.25, 0.3) is 5.56 Å². The minimum absolute atomic E-state index is 0.158. The quantitative estimate of drug-likeness (QED) is 0.329. The number of H-pyrrole nitrogens is 1. The van der Waals surface area contributed by atoms with Crippen LogP contribution >= 0.6 is 0 Å². The molecule has 0 spiro atoms. The highest BCUT2D eigenvalue weighted by molar-refractivity contribution is 5.89. The van der Waals surface area contributed by atoms with Gasteiger partial charge in [-0.2, -0.15) is 13.2 Å². The number of ether oxygens (including phenoxy) is 1. The first kappa shape index (κ1) is 24.7. The van der Waals surface area contributed by atoms with E-state index in [2.05, 4.69) is 9.72 Å². The van der Waals surface area contributed by atoms with Crippen LogP contribution in [0.15, 0.2) is 35.1 Å². The number of rotatable bonds is 11. The molecule has 0 radical (unpaired) electrons. The second-order valence-electron chi connectivity index (χ2n) is 7.85. The highest BCUT2D eigenvalue weighted by atomic mass is 19.4. The fourth-order valence-electron chi connectivity index (χ4n) is 3.60. The van der Waals surface area contributed by atoms with Gasteiger partial charge in [0.05, 0.1) is 7.11 Å². The topological polar surface area (TPSA) is 59.2 Å². The average Bonchev–Trinajstić information content (AvgIpc) is 2.72. The lowest BCUT2D eigenvalue weighted by Gasteiger charge is -2.09. The van der Waals surface area contributed by atoms with E-state index < -0.39 is 18.6 Å². The first-order valence-corrected chi connectivity index (χ1v) is 10.7. The summed E-state index contributed by atoms with van der Waals surface area (Å²) >= 11 is 0. The summed E-state index contributed by atoms with van der Waals surface area (Å²) in [6.07, 6.45) is 1.82. The van der Waals surface area contributed by atoms with E-state index in [0.29, 0.717) is 17.5 Å². The van der Waals surface area contributed by atoms with Crippen LogP contribution in [0.2, 0.25) is 0 Å². The number of halogens is 3. The third-order valence-electron chi connectivity index (χ3n) is 5.29. The lowest BCUT2D eigenvalue weighted by atomic mass is 9.99. The first-order chi connectivity index (χ1) is 14.7. The Morgan fingerprint density at radius 2 is 1.65 bits per heavy atom. The Morgan fingerprint density at radius 1 is 1.00 bits per heavy atom. The van der Waals surface area contributed by atoms with Crippen LogP contribution in [0.3, 0.4) is 0 Å². The molecule has 1 N–H and O–H groups in total. The summed E-state index contributed by atoms with van der Waals surface area (Å²) in [5, 5.41) is 0. The van der Waals surface area contributed by atoms with Gasteiger partial charge in [-0.1, -0.05) is 56.4 Å². The van der Waals surface area contributed by atoms with Crippen molar-refractivity contribution >= 4 is 5.97 Å². The van der Waals surface area contributed by atoms with E-state index >= 15 is 0 Å². The van der Waals surface area contributed by atoms with Gasteiger partial charge in [0.1, 0.15) is 5.69 Å². The van der Waals surface area contributed by atoms with Gasteiger partial charge in [0.2, 0.25) is 0 Å². The fraction of sp³-hybridized carbons (Fsp3) is 0.500. The van der Waals surface area contributed by atoms with E-state index in [1.54, 1.807) is 13.0 Å². The molecule has 0 bridgehead atoms. The van der Waals surface area contributed by atoms with Crippen LogP contribution in [0.4, 0.5) is 13.2 Å². The van der Waals surface area contributed by atoms with Gasteiger partial charge in [0.15, 0.2) is 0 Å². The number of benzene rings is 1. The number of carbonyl (C=O) groups is 1. The summed E-state index contributed by atoms with van der Waals surface area (Å²) in [4.78, 5) is 26.8. The number of carbonyl (C=O) groups excluding carboxylic acids is 1. The van der Waals surface area contributed by atoms with Gasteiger partial charge >= 0.3 is 12.1 Å². The van der Waals surface area contributed by atoms with Crippen LogP contribution in [-0.2, 0) is 11.2 Å². The smallest absolute Gasteiger partial charge is 0.389 e. The predicted molar refractivity (Wildman–Crippen MR) is 115 cm³/mol. The Balaban J connectivity index is 1.83. The molecule has 4 nitrogen and oxygen atoms in total. The molecule has 0 aliphatic carbocycles. The molecular weight excluding hydrogens is 407 g/mol. The van der Waals surface area contributed by atoms with Crippen molar-refractivity contribution < 1.29 is 22.7 Å². The summed E-state index contributed by atoms with van der Waals surface area (Å²) in [5.74, 6) is -0.574. The molecular formula is C24H30F3NO3. The van der Waals surface area contributed by atoms with Gasteiger partial charge in [-0.25, -0.2) is 4.79 Å². The number of nitrogens with one attached hydrogen (secondary N) is 1. The predicted octanol–water partition coefficient (Wildman–Crippen LogP) is 6.36. The first-order valence-electron chi connectivity index (χ1n) is 10.7. The van der Waals surface area contributed by atoms with Crippen LogP contribution in [0.5, 0.6) is 0 Å². The largest absolute Gasteiger partial charge is 0.464 e. The molecule has 0 saturated heterocycles. The van der Waals surface area contributed by atoms with E-state index in [4.69, 9.17) is 0 Å². The second kappa shape index (κ2) is 11.7. The molecule has 0 aliphatic rings. The van der Waals surface area contributed by atoms with E-state index in [9.17, 15) is 22.8 Å². The zero-order valence-corrected chi connectivity index (χ0v) is 18.1. The summed E-state index contributed by atoms with van der Waals surface area (Å²) in [6, 6.07) is 9.48. The minimum atomic E-state index is -4.04. The molecule has 0 fully saturated rings. The van der Waals surface area contributed by atoms with Gasteiger partial charge in [-0.3, -0.25) is 4.79 Å². The number of aryl methyl sites for hydroxylation is 2. The van der Waals surface area contributed by atoms with Crippen molar-refractivity contribution in [2.45, 2.75) is 70.9 Å². The van der Waals surface area contributed by atoms with Gasteiger partial charge in [-0.05, 0) is 48.9 Å². The van der Waals surface area contributed by atoms with Gasteiger partial charge in [-0.15, -0.1) is 0 Å². The molecule has 1 aromatic heterocycles. The van der Waals surface area contributed by atoms with Crippen LogP contribution in [-0.4, -0.2) is 24.2 Å². The minimum Gasteiger partial charge on any atom is -0.464 e. The van der Waals surface area contributed by atoms with Crippen molar-refractivity contribution in [1.82, 2.24) is 4.98 Å². The summed E-state index contributed by atoms with van der Waals surface area (Å²) in [6.45, 7) is 1.75. The molecule has 31 heavy (non-hydrogen) atoms. The van der Waals surface area contributed by atoms with Crippen molar-refractivity contribution in [1.29, 1.82) is 0 Å². The van der Waals surface area contributed by atoms with Crippen molar-refractivity contribution in [2.24, 2.45) is 0 Å². The number of alkyl halides is 3. The number of aromatic nitrogens is 1. The maximum atomic E-state index is 12.5. The molecule has 1 aromatic carbocycles. The van der Waals surface area contributed by atoms with Crippen LogP contribution in [0.1, 0.15) is 73.0 Å². The standard InChI is InChI=1S/C24H30F3NO3/c1-17-15-20(22(29)28-21(17)23(30)31-2)19-13-10-12-18(16-19)11-8-6-4-3-5-7-9-14-24(25,26)27/h10,12-13,15-16H,3-9,11,14H2,1-2H3,(H,28,29). The highest BCUT2D eigenvalue weighted by Crippen LogP contribution is 2.23. The van der Waals surface area contributed by atoms with E-state index in [-0.39, 0.29) is 17.7 Å². The molecule has 0 unspecified atom stereocenters.